The lowest BCUT2D eigenvalue weighted by atomic mass is 10.00. The number of fused-ring (bicyclic) bond motifs is 1. The van der Waals surface area contributed by atoms with Crippen molar-refractivity contribution in [2.45, 2.75) is 32.2 Å². The molecule has 2 saturated heterocycles. The van der Waals surface area contributed by atoms with Gasteiger partial charge in [0.1, 0.15) is 12.1 Å². The van der Waals surface area contributed by atoms with Gasteiger partial charge in [0.2, 0.25) is 5.91 Å². The summed E-state index contributed by atoms with van der Waals surface area (Å²) in [6.07, 6.45) is 7.74. The second-order valence-corrected chi connectivity index (χ2v) is 10.9. The van der Waals surface area contributed by atoms with Crippen molar-refractivity contribution >= 4 is 39.7 Å². The van der Waals surface area contributed by atoms with Crippen molar-refractivity contribution in [3.8, 4) is 11.3 Å². The molecule has 0 radical (unpaired) electrons. The average Bonchev–Trinajstić information content (AvgIpc) is 3.41. The Morgan fingerprint density at radius 3 is 2.64 bits per heavy atom. The van der Waals surface area contributed by atoms with E-state index in [0.717, 1.165) is 103 Å². The maximum absolute atomic E-state index is 12.5. The summed E-state index contributed by atoms with van der Waals surface area (Å²) in [6, 6.07) is 12.9. The summed E-state index contributed by atoms with van der Waals surface area (Å²) in [6.45, 7) is 11.3. The molecule has 6 rings (SSSR count). The zero-order chi connectivity index (χ0) is 29.1. The van der Waals surface area contributed by atoms with Crippen molar-refractivity contribution in [2.75, 3.05) is 54.9 Å². The van der Waals surface area contributed by atoms with Gasteiger partial charge in [-0.3, -0.25) is 14.4 Å². The molecule has 2 N–H and O–H groups in total. The molecule has 0 spiro atoms. The molecule has 4 aromatic rings. The van der Waals surface area contributed by atoms with Crippen molar-refractivity contribution in [3.05, 3.63) is 67.1 Å². The lowest BCUT2D eigenvalue weighted by Crippen LogP contribution is -2.49. The van der Waals surface area contributed by atoms with Gasteiger partial charge in [-0.05, 0) is 55.2 Å². The number of carbonyl (C=O) groups is 1. The first-order chi connectivity index (χ1) is 20.5. The van der Waals surface area contributed by atoms with Gasteiger partial charge in [-0.1, -0.05) is 19.6 Å². The van der Waals surface area contributed by atoms with Gasteiger partial charge in [0.25, 0.3) is 0 Å². The van der Waals surface area contributed by atoms with E-state index in [1.54, 1.807) is 6.33 Å². The molecule has 0 saturated carbocycles. The Morgan fingerprint density at radius 2 is 1.88 bits per heavy atom. The highest BCUT2D eigenvalue weighted by Crippen LogP contribution is 2.36. The number of hydrogen-bond donors (Lipinski definition) is 2. The third-order valence-electron chi connectivity index (χ3n) is 8.38. The van der Waals surface area contributed by atoms with E-state index in [-0.39, 0.29) is 5.91 Å². The molecule has 2 fully saturated rings. The van der Waals surface area contributed by atoms with Crippen LogP contribution >= 0.6 is 0 Å². The molecule has 0 bridgehead atoms. The number of rotatable bonds is 8. The van der Waals surface area contributed by atoms with Crippen molar-refractivity contribution in [3.63, 3.8) is 0 Å². The van der Waals surface area contributed by atoms with Crippen molar-refractivity contribution in [1.82, 2.24) is 24.6 Å². The Bertz CT molecular complexity index is 1580. The summed E-state index contributed by atoms with van der Waals surface area (Å²) < 4.78 is 7.41. The van der Waals surface area contributed by atoms with Crippen molar-refractivity contribution in [2.24, 2.45) is 7.05 Å². The van der Waals surface area contributed by atoms with E-state index in [0.29, 0.717) is 11.9 Å². The number of amides is 1. The number of hydrogen-bond acceptors (Lipinski definition) is 8. The first-order valence-electron chi connectivity index (χ1n) is 14.7. The summed E-state index contributed by atoms with van der Waals surface area (Å²) >= 11 is 0. The minimum Gasteiger partial charge on any atom is -0.379 e. The van der Waals surface area contributed by atoms with Crippen LogP contribution in [0.3, 0.4) is 0 Å². The monoisotopic (exact) mass is 566 g/mol. The Labute approximate surface area is 246 Å². The number of aryl methyl sites for hydroxylation is 2. The minimum atomic E-state index is -0.232. The predicted octanol–water partition coefficient (Wildman–Crippen LogP) is 4.76. The van der Waals surface area contributed by atoms with Crippen LogP contribution in [0.25, 0.3) is 22.2 Å². The fourth-order valence-electron chi connectivity index (χ4n) is 6.04. The lowest BCUT2D eigenvalue weighted by Gasteiger charge is -2.41. The highest BCUT2D eigenvalue weighted by atomic mass is 16.5. The molecular weight excluding hydrogens is 528 g/mol. The molecule has 1 amide bonds. The van der Waals surface area contributed by atoms with Crippen LogP contribution in [0.2, 0.25) is 0 Å². The maximum Gasteiger partial charge on any atom is 0.247 e. The largest absolute Gasteiger partial charge is 0.379 e. The van der Waals surface area contributed by atoms with E-state index in [2.05, 4.69) is 67.2 Å². The second kappa shape index (κ2) is 12.3. The third kappa shape index (κ3) is 5.86. The van der Waals surface area contributed by atoms with Crippen LogP contribution in [0.1, 0.15) is 25.3 Å². The topological polar surface area (TPSA) is 100 Å². The molecule has 10 nitrogen and oxygen atoms in total. The van der Waals surface area contributed by atoms with Gasteiger partial charge in [0, 0.05) is 62.0 Å². The molecule has 218 valence electrons. The van der Waals surface area contributed by atoms with Crippen LogP contribution in [0.4, 0.5) is 22.9 Å². The molecule has 2 aliphatic rings. The predicted molar refractivity (Wildman–Crippen MR) is 167 cm³/mol. The average molecular weight is 567 g/mol. The van der Waals surface area contributed by atoms with Crippen LogP contribution in [0.5, 0.6) is 0 Å². The Balaban J connectivity index is 1.26. The number of ether oxygens (including phenoxy) is 1. The third-order valence-corrected chi connectivity index (χ3v) is 8.38. The number of anilines is 4. The number of carbonyl (C=O) groups excluding carboxylic acids is 1. The van der Waals surface area contributed by atoms with E-state index in [9.17, 15) is 4.79 Å². The van der Waals surface area contributed by atoms with E-state index >= 15 is 0 Å². The fourth-order valence-corrected chi connectivity index (χ4v) is 6.04. The molecule has 0 aliphatic carbocycles. The number of morpholine rings is 1. The van der Waals surface area contributed by atoms with Gasteiger partial charge in [-0.25, -0.2) is 9.97 Å². The highest BCUT2D eigenvalue weighted by molar-refractivity contribution is 6.02. The molecule has 4 heterocycles. The number of nitrogens with zero attached hydrogens (tertiary/aromatic N) is 6. The minimum absolute atomic E-state index is 0.232. The Morgan fingerprint density at radius 1 is 1.07 bits per heavy atom. The lowest BCUT2D eigenvalue weighted by molar-refractivity contribution is -0.111. The summed E-state index contributed by atoms with van der Waals surface area (Å²) in [7, 11) is 1.94. The quantitative estimate of drug-likeness (QED) is 0.295. The SMILES string of the molecule is C=CC(=O)Nc1cc(Nc2cc(-c3ccc4c(cnn4C)c3)ncn2)c(CC)cc1N1CCC(N2CCOCC2)CC1. The molecule has 0 unspecified atom stereocenters. The second-order valence-electron chi connectivity index (χ2n) is 10.9. The molecule has 10 heteroatoms. The highest BCUT2D eigenvalue weighted by Gasteiger charge is 2.27. The van der Waals surface area contributed by atoms with E-state index in [4.69, 9.17) is 4.74 Å². The van der Waals surface area contributed by atoms with E-state index in [1.165, 1.54) is 6.08 Å². The van der Waals surface area contributed by atoms with Gasteiger partial charge in [0.15, 0.2) is 0 Å². The number of nitrogens with one attached hydrogen (secondary N) is 2. The molecule has 2 aliphatic heterocycles. The number of aromatic nitrogens is 4. The Kier molecular flexibility index (Phi) is 8.16. The normalized spacial score (nSPS) is 16.5. The van der Waals surface area contributed by atoms with E-state index < -0.39 is 0 Å². The first kappa shape index (κ1) is 27.9. The number of piperidine rings is 1. The number of benzene rings is 2. The fraction of sp³-hybridized carbons (Fsp3) is 0.375. The summed E-state index contributed by atoms with van der Waals surface area (Å²) in [5, 5.41) is 12.0. The molecule has 2 aromatic heterocycles. The van der Waals surface area contributed by atoms with Gasteiger partial charge in [-0.15, -0.1) is 0 Å². The zero-order valence-corrected chi connectivity index (χ0v) is 24.3. The van der Waals surface area contributed by atoms with Crippen LogP contribution in [0, 0.1) is 0 Å². The molecule has 42 heavy (non-hydrogen) atoms. The van der Waals surface area contributed by atoms with Crippen LogP contribution < -0.4 is 15.5 Å². The van der Waals surface area contributed by atoms with Crippen LogP contribution in [-0.4, -0.2) is 76.0 Å². The molecular formula is C32H38N8O2. The molecule has 0 atom stereocenters. The first-order valence-corrected chi connectivity index (χ1v) is 14.7. The maximum atomic E-state index is 12.5. The van der Waals surface area contributed by atoms with Gasteiger partial charge in [0.05, 0.1) is 42.0 Å². The zero-order valence-electron chi connectivity index (χ0n) is 24.3. The molecule has 2 aromatic carbocycles. The Hall–Kier alpha value is -4.28. The van der Waals surface area contributed by atoms with Gasteiger partial charge < -0.3 is 20.3 Å². The van der Waals surface area contributed by atoms with Gasteiger partial charge >= 0.3 is 0 Å². The smallest absolute Gasteiger partial charge is 0.247 e. The summed E-state index contributed by atoms with van der Waals surface area (Å²) in [4.78, 5) is 26.5. The van der Waals surface area contributed by atoms with Crippen LogP contribution in [-0.2, 0) is 23.0 Å². The van der Waals surface area contributed by atoms with Crippen LogP contribution in [0.15, 0.2) is 61.6 Å². The van der Waals surface area contributed by atoms with Gasteiger partial charge in [-0.2, -0.15) is 5.10 Å². The van der Waals surface area contributed by atoms with E-state index in [1.807, 2.05) is 36.1 Å². The van der Waals surface area contributed by atoms with Crippen molar-refractivity contribution in [1.29, 1.82) is 0 Å². The summed E-state index contributed by atoms with van der Waals surface area (Å²) in [5.74, 6) is 0.450. The standard InChI is InChI=1S/C32H38N8O2/c1-4-22-17-30(40-10-8-25(9-11-40)39-12-14-42-15-13-39)28(37-32(41)5-2)18-27(22)36-31-19-26(33-21-34-31)23-6-7-29-24(16-23)20-35-38(29)3/h5-7,16-21,25H,2,4,8-15H2,1,3H3,(H,37,41)(H,33,34,36). The summed E-state index contributed by atoms with van der Waals surface area (Å²) in [5.41, 5.74) is 6.73. The van der Waals surface area contributed by atoms with Crippen molar-refractivity contribution < 1.29 is 9.53 Å².